The van der Waals surface area contributed by atoms with E-state index in [9.17, 15) is 4.79 Å². The number of benzene rings is 2. The molecule has 0 spiro atoms. The van der Waals surface area contributed by atoms with Crippen molar-refractivity contribution in [2.45, 2.75) is 0 Å². The fraction of sp³-hybridized carbons (Fsp3) is 0.0476. The van der Waals surface area contributed by atoms with Crippen LogP contribution in [0.4, 0.5) is 0 Å². The summed E-state index contributed by atoms with van der Waals surface area (Å²) >= 11 is 0. The van der Waals surface area contributed by atoms with Crippen molar-refractivity contribution in [3.63, 3.8) is 0 Å². The van der Waals surface area contributed by atoms with Crippen LogP contribution in [-0.2, 0) is 0 Å². The Hall–Kier alpha value is -3.40. The standard InChI is InChI=1S/C21H16N2O2/c1-25-17-12-10-16(11-13-17)20-19(15-7-3-2-4-8-15)21(24)23-14-6-5-9-18(23)22-20/h2-14H,1H3. The van der Waals surface area contributed by atoms with Crippen molar-refractivity contribution < 1.29 is 4.74 Å². The number of ether oxygens (including phenoxy) is 1. The van der Waals surface area contributed by atoms with Crippen molar-refractivity contribution in [3.8, 4) is 28.1 Å². The van der Waals surface area contributed by atoms with Gasteiger partial charge in [-0.2, -0.15) is 0 Å². The molecule has 0 aliphatic carbocycles. The molecule has 0 bridgehead atoms. The maximum absolute atomic E-state index is 13.1. The van der Waals surface area contributed by atoms with Crippen molar-refractivity contribution in [2.24, 2.45) is 0 Å². The third kappa shape index (κ3) is 2.68. The summed E-state index contributed by atoms with van der Waals surface area (Å²) in [5.74, 6) is 0.766. The van der Waals surface area contributed by atoms with E-state index in [0.29, 0.717) is 16.9 Å². The molecule has 0 saturated carbocycles. The molecule has 2 aromatic heterocycles. The predicted octanol–water partition coefficient (Wildman–Crippen LogP) is 4.04. The summed E-state index contributed by atoms with van der Waals surface area (Å²) in [5, 5.41) is 0. The SMILES string of the molecule is COc1ccc(-c2nc3ccccn3c(=O)c2-c2ccccc2)cc1. The molecular formula is C21H16N2O2. The normalized spacial score (nSPS) is 10.8. The Morgan fingerprint density at radius 1 is 0.840 bits per heavy atom. The number of methoxy groups -OCH3 is 1. The smallest absolute Gasteiger partial charge is 0.266 e. The van der Waals surface area contributed by atoms with E-state index in [1.165, 1.54) is 0 Å². The highest BCUT2D eigenvalue weighted by atomic mass is 16.5. The molecular weight excluding hydrogens is 312 g/mol. The summed E-state index contributed by atoms with van der Waals surface area (Å²) in [7, 11) is 1.63. The predicted molar refractivity (Wildman–Crippen MR) is 98.9 cm³/mol. The molecule has 122 valence electrons. The van der Waals surface area contributed by atoms with Gasteiger partial charge in [-0.25, -0.2) is 4.98 Å². The molecule has 0 amide bonds. The first-order valence-corrected chi connectivity index (χ1v) is 7.99. The van der Waals surface area contributed by atoms with Gasteiger partial charge in [0.15, 0.2) is 0 Å². The van der Waals surface area contributed by atoms with Crippen molar-refractivity contribution in [1.29, 1.82) is 0 Å². The Morgan fingerprint density at radius 2 is 1.56 bits per heavy atom. The summed E-state index contributed by atoms with van der Waals surface area (Å²) in [6, 6.07) is 22.8. The summed E-state index contributed by atoms with van der Waals surface area (Å²) in [6.45, 7) is 0. The van der Waals surface area contributed by atoms with E-state index in [1.54, 1.807) is 17.7 Å². The molecule has 4 nitrogen and oxygen atoms in total. The molecule has 25 heavy (non-hydrogen) atoms. The zero-order valence-electron chi connectivity index (χ0n) is 13.7. The molecule has 0 aliphatic rings. The fourth-order valence-corrected chi connectivity index (χ4v) is 2.91. The van der Waals surface area contributed by atoms with Crippen LogP contribution in [0.15, 0.2) is 83.8 Å². The van der Waals surface area contributed by atoms with Crippen LogP contribution in [0.2, 0.25) is 0 Å². The lowest BCUT2D eigenvalue weighted by Crippen LogP contribution is -2.18. The average Bonchev–Trinajstić information content (AvgIpc) is 2.69. The van der Waals surface area contributed by atoms with Gasteiger partial charge in [0, 0.05) is 11.8 Å². The summed E-state index contributed by atoms with van der Waals surface area (Å²) in [4.78, 5) is 17.9. The highest BCUT2D eigenvalue weighted by Crippen LogP contribution is 2.29. The quantitative estimate of drug-likeness (QED) is 0.570. The van der Waals surface area contributed by atoms with Gasteiger partial charge in [-0.1, -0.05) is 36.4 Å². The van der Waals surface area contributed by atoms with E-state index in [-0.39, 0.29) is 5.56 Å². The van der Waals surface area contributed by atoms with Gasteiger partial charge in [0.05, 0.1) is 18.4 Å². The van der Waals surface area contributed by atoms with Gasteiger partial charge in [0.1, 0.15) is 11.4 Å². The number of rotatable bonds is 3. The molecule has 0 N–H and O–H groups in total. The monoisotopic (exact) mass is 328 g/mol. The number of hydrogen-bond donors (Lipinski definition) is 0. The topological polar surface area (TPSA) is 43.6 Å². The van der Waals surface area contributed by atoms with Gasteiger partial charge in [0.25, 0.3) is 5.56 Å². The zero-order chi connectivity index (χ0) is 17.2. The van der Waals surface area contributed by atoms with Gasteiger partial charge < -0.3 is 4.74 Å². The van der Waals surface area contributed by atoms with Gasteiger partial charge in [-0.3, -0.25) is 9.20 Å². The third-order valence-electron chi connectivity index (χ3n) is 4.16. The molecule has 0 aliphatic heterocycles. The number of aromatic nitrogens is 2. The number of fused-ring (bicyclic) bond motifs is 1. The molecule has 4 rings (SSSR count). The van der Waals surface area contributed by atoms with Crippen LogP contribution in [0, 0.1) is 0 Å². The van der Waals surface area contributed by atoms with Crippen molar-refractivity contribution in [2.75, 3.05) is 7.11 Å². The number of pyridine rings is 1. The van der Waals surface area contributed by atoms with E-state index >= 15 is 0 Å². The van der Waals surface area contributed by atoms with E-state index in [4.69, 9.17) is 9.72 Å². The van der Waals surface area contributed by atoms with Crippen LogP contribution in [0.1, 0.15) is 0 Å². The number of hydrogen-bond acceptors (Lipinski definition) is 3. The molecule has 0 saturated heterocycles. The largest absolute Gasteiger partial charge is 0.497 e. The fourth-order valence-electron chi connectivity index (χ4n) is 2.91. The lowest BCUT2D eigenvalue weighted by Gasteiger charge is -2.11. The van der Waals surface area contributed by atoms with E-state index < -0.39 is 0 Å². The van der Waals surface area contributed by atoms with Crippen LogP contribution in [-0.4, -0.2) is 16.5 Å². The highest BCUT2D eigenvalue weighted by Gasteiger charge is 2.16. The molecule has 0 fully saturated rings. The van der Waals surface area contributed by atoms with Crippen LogP contribution < -0.4 is 10.3 Å². The van der Waals surface area contributed by atoms with Crippen molar-refractivity contribution >= 4 is 5.65 Å². The second kappa shape index (κ2) is 6.24. The summed E-state index contributed by atoms with van der Waals surface area (Å²) < 4.78 is 6.81. The van der Waals surface area contributed by atoms with Crippen LogP contribution in [0.3, 0.4) is 0 Å². The van der Waals surface area contributed by atoms with Crippen molar-refractivity contribution in [3.05, 3.63) is 89.3 Å². The first-order chi connectivity index (χ1) is 12.3. The van der Waals surface area contributed by atoms with E-state index in [1.807, 2.05) is 72.8 Å². The molecule has 4 heteroatoms. The molecule has 0 atom stereocenters. The van der Waals surface area contributed by atoms with Crippen LogP contribution >= 0.6 is 0 Å². The third-order valence-corrected chi connectivity index (χ3v) is 4.16. The van der Waals surface area contributed by atoms with Crippen molar-refractivity contribution in [1.82, 2.24) is 9.38 Å². The zero-order valence-corrected chi connectivity index (χ0v) is 13.7. The Kier molecular flexibility index (Phi) is 3.78. The van der Waals surface area contributed by atoms with Gasteiger partial charge in [-0.05, 0) is 42.0 Å². The second-order valence-corrected chi connectivity index (χ2v) is 5.66. The van der Waals surface area contributed by atoms with Gasteiger partial charge >= 0.3 is 0 Å². The lowest BCUT2D eigenvalue weighted by atomic mass is 10.0. The number of nitrogens with zero attached hydrogens (tertiary/aromatic N) is 2. The Labute approximate surface area is 145 Å². The van der Waals surface area contributed by atoms with Crippen LogP contribution in [0.25, 0.3) is 28.0 Å². The minimum absolute atomic E-state index is 0.0809. The Balaban J connectivity index is 2.06. The van der Waals surface area contributed by atoms with Crippen LogP contribution in [0.5, 0.6) is 5.75 Å². The molecule has 2 heterocycles. The minimum atomic E-state index is -0.0809. The Bertz CT molecular complexity index is 1080. The molecule has 4 aromatic rings. The molecule has 0 radical (unpaired) electrons. The second-order valence-electron chi connectivity index (χ2n) is 5.66. The first kappa shape index (κ1) is 15.1. The summed E-state index contributed by atoms with van der Waals surface area (Å²) in [6.07, 6.45) is 1.74. The summed E-state index contributed by atoms with van der Waals surface area (Å²) in [5.41, 5.74) is 3.53. The Morgan fingerprint density at radius 3 is 2.28 bits per heavy atom. The maximum atomic E-state index is 13.1. The molecule has 0 unspecified atom stereocenters. The lowest BCUT2D eigenvalue weighted by molar-refractivity contribution is 0.415. The first-order valence-electron chi connectivity index (χ1n) is 7.99. The van der Waals surface area contributed by atoms with E-state index in [2.05, 4.69) is 0 Å². The van der Waals surface area contributed by atoms with Gasteiger partial charge in [-0.15, -0.1) is 0 Å². The minimum Gasteiger partial charge on any atom is -0.497 e. The highest BCUT2D eigenvalue weighted by molar-refractivity contribution is 5.81. The van der Waals surface area contributed by atoms with Gasteiger partial charge in [0.2, 0.25) is 0 Å². The maximum Gasteiger partial charge on any atom is 0.266 e. The van der Waals surface area contributed by atoms with E-state index in [0.717, 1.165) is 16.9 Å². The molecule has 2 aromatic carbocycles. The average molecular weight is 328 g/mol.